The van der Waals surface area contributed by atoms with Crippen LogP contribution in [0.3, 0.4) is 0 Å². The van der Waals surface area contributed by atoms with Crippen molar-refractivity contribution in [2.75, 3.05) is 16.8 Å². The molecule has 2 aromatic carbocycles. The number of hydrogen-bond acceptors (Lipinski definition) is 4. The lowest BCUT2D eigenvalue weighted by molar-refractivity contribution is 0.102. The molecule has 126 valence electrons. The molecule has 1 aliphatic heterocycles. The van der Waals surface area contributed by atoms with Gasteiger partial charge in [0.2, 0.25) is 0 Å². The van der Waals surface area contributed by atoms with E-state index in [1.54, 1.807) is 36.7 Å². The Labute approximate surface area is 151 Å². The van der Waals surface area contributed by atoms with Gasteiger partial charge in [0.05, 0.1) is 29.1 Å². The van der Waals surface area contributed by atoms with Gasteiger partial charge in [0, 0.05) is 24.1 Å². The van der Waals surface area contributed by atoms with Gasteiger partial charge in [0.25, 0.3) is 5.91 Å². The number of para-hydroxylation sites is 1. The average molecular weight is 340 g/mol. The summed E-state index contributed by atoms with van der Waals surface area (Å²) >= 11 is 0. The minimum Gasteiger partial charge on any atom is -0.340 e. The van der Waals surface area contributed by atoms with Crippen LogP contribution < -0.4 is 10.2 Å². The monoisotopic (exact) mass is 340 g/mol. The number of carbonyl (C=O) groups is 1. The van der Waals surface area contributed by atoms with Gasteiger partial charge >= 0.3 is 0 Å². The lowest BCUT2D eigenvalue weighted by Crippen LogP contribution is -2.16. The highest BCUT2D eigenvalue weighted by molar-refractivity contribution is 6.04. The summed E-state index contributed by atoms with van der Waals surface area (Å²) in [6.07, 6.45) is 4.30. The van der Waals surface area contributed by atoms with E-state index in [0.29, 0.717) is 16.8 Å². The van der Waals surface area contributed by atoms with Gasteiger partial charge in [-0.15, -0.1) is 0 Å². The molecule has 1 N–H and O–H groups in total. The zero-order chi connectivity index (χ0) is 17.9. The largest absolute Gasteiger partial charge is 0.340 e. The number of amides is 1. The molecule has 0 bridgehead atoms. The summed E-state index contributed by atoms with van der Waals surface area (Å²) in [7, 11) is 0. The van der Waals surface area contributed by atoms with E-state index in [2.05, 4.69) is 33.4 Å². The number of aromatic nitrogens is 1. The predicted molar refractivity (Wildman–Crippen MR) is 100 cm³/mol. The first-order chi connectivity index (χ1) is 12.7. The fraction of sp³-hybridized carbons (Fsp3) is 0.0952. The first kappa shape index (κ1) is 15.9. The van der Waals surface area contributed by atoms with Crippen LogP contribution in [0.15, 0.2) is 67.0 Å². The third kappa shape index (κ3) is 3.01. The van der Waals surface area contributed by atoms with Crippen molar-refractivity contribution in [3.05, 3.63) is 83.7 Å². The maximum atomic E-state index is 12.6. The van der Waals surface area contributed by atoms with E-state index < -0.39 is 0 Å². The zero-order valence-electron chi connectivity index (χ0n) is 14.0. The summed E-state index contributed by atoms with van der Waals surface area (Å²) in [6.45, 7) is 0.871. The molecule has 0 fully saturated rings. The van der Waals surface area contributed by atoms with Gasteiger partial charge in [-0.25, -0.2) is 0 Å². The van der Waals surface area contributed by atoms with Crippen LogP contribution in [0.2, 0.25) is 0 Å². The molecular formula is C21H16N4O. The molecule has 1 aliphatic rings. The molecule has 4 rings (SSSR count). The van der Waals surface area contributed by atoms with E-state index in [4.69, 9.17) is 5.26 Å². The summed E-state index contributed by atoms with van der Waals surface area (Å²) < 4.78 is 0. The number of fused-ring (bicyclic) bond motifs is 1. The minimum absolute atomic E-state index is 0.248. The summed E-state index contributed by atoms with van der Waals surface area (Å²) in [5.74, 6) is -0.248. The van der Waals surface area contributed by atoms with Crippen LogP contribution in [0.4, 0.5) is 17.1 Å². The first-order valence-corrected chi connectivity index (χ1v) is 8.36. The molecule has 3 aromatic rings. The summed E-state index contributed by atoms with van der Waals surface area (Å²) in [5, 5.41) is 11.8. The maximum Gasteiger partial charge on any atom is 0.257 e. The predicted octanol–water partition coefficient (Wildman–Crippen LogP) is 3.90. The highest BCUT2D eigenvalue weighted by Crippen LogP contribution is 2.34. The normalized spacial score (nSPS) is 12.3. The number of nitrogens with zero attached hydrogens (tertiary/aromatic N) is 3. The molecule has 0 saturated heterocycles. The van der Waals surface area contributed by atoms with E-state index in [1.165, 1.54) is 5.56 Å². The molecule has 5 nitrogen and oxygen atoms in total. The summed E-state index contributed by atoms with van der Waals surface area (Å²) in [4.78, 5) is 19.0. The van der Waals surface area contributed by atoms with Crippen LogP contribution in [-0.2, 0) is 6.42 Å². The van der Waals surface area contributed by atoms with Gasteiger partial charge in [0.15, 0.2) is 0 Å². The van der Waals surface area contributed by atoms with Crippen molar-refractivity contribution >= 4 is 23.0 Å². The summed E-state index contributed by atoms with van der Waals surface area (Å²) in [6, 6.07) is 19.0. The van der Waals surface area contributed by atoms with E-state index in [0.717, 1.165) is 24.3 Å². The molecule has 0 spiro atoms. The third-order valence-corrected chi connectivity index (χ3v) is 4.43. The molecule has 1 aromatic heterocycles. The first-order valence-electron chi connectivity index (χ1n) is 8.36. The zero-order valence-corrected chi connectivity index (χ0v) is 14.0. The van der Waals surface area contributed by atoms with Gasteiger partial charge in [0.1, 0.15) is 0 Å². The fourth-order valence-corrected chi connectivity index (χ4v) is 3.18. The van der Waals surface area contributed by atoms with Crippen LogP contribution in [0, 0.1) is 11.3 Å². The number of rotatable bonds is 3. The maximum absolute atomic E-state index is 12.6. The number of pyridine rings is 1. The topological polar surface area (TPSA) is 69.0 Å². The van der Waals surface area contributed by atoms with Crippen LogP contribution in [0.25, 0.3) is 0 Å². The molecule has 0 atom stereocenters. The second-order valence-corrected chi connectivity index (χ2v) is 6.11. The van der Waals surface area contributed by atoms with Gasteiger partial charge in [-0.05, 0) is 42.3 Å². The molecule has 5 heteroatoms. The van der Waals surface area contributed by atoms with Gasteiger partial charge in [-0.1, -0.05) is 24.3 Å². The molecule has 0 saturated carbocycles. The molecule has 0 unspecified atom stereocenters. The van der Waals surface area contributed by atoms with Gasteiger partial charge in [-0.3, -0.25) is 9.78 Å². The minimum atomic E-state index is -0.248. The van der Waals surface area contributed by atoms with Crippen molar-refractivity contribution in [3.63, 3.8) is 0 Å². The second kappa shape index (κ2) is 6.69. The van der Waals surface area contributed by atoms with E-state index in [9.17, 15) is 4.79 Å². The summed E-state index contributed by atoms with van der Waals surface area (Å²) in [5.41, 5.74) is 4.93. The van der Waals surface area contributed by atoms with E-state index in [-0.39, 0.29) is 5.91 Å². The SMILES string of the molecule is N#Cc1cccc(NC(=O)c2cncc(N3CCc4ccccc43)c2)c1. The van der Waals surface area contributed by atoms with Crippen molar-refractivity contribution in [1.82, 2.24) is 4.98 Å². The number of hydrogen-bond donors (Lipinski definition) is 1. The molecule has 1 amide bonds. The Morgan fingerprint density at radius 1 is 1.12 bits per heavy atom. The average Bonchev–Trinajstić information content (AvgIpc) is 3.12. The Hall–Kier alpha value is -3.65. The Kier molecular flexibility index (Phi) is 4.08. The number of anilines is 3. The number of nitrogens with one attached hydrogen (secondary N) is 1. The Balaban J connectivity index is 1.58. The van der Waals surface area contributed by atoms with Crippen molar-refractivity contribution in [3.8, 4) is 6.07 Å². The quantitative estimate of drug-likeness (QED) is 0.785. The lowest BCUT2D eigenvalue weighted by Gasteiger charge is -2.19. The smallest absolute Gasteiger partial charge is 0.257 e. The number of nitriles is 1. The lowest BCUT2D eigenvalue weighted by atomic mass is 10.1. The molecule has 0 radical (unpaired) electrons. The molecular weight excluding hydrogens is 324 g/mol. The van der Waals surface area contributed by atoms with Crippen LogP contribution in [-0.4, -0.2) is 17.4 Å². The van der Waals surface area contributed by atoms with E-state index >= 15 is 0 Å². The Morgan fingerprint density at radius 2 is 2.00 bits per heavy atom. The highest BCUT2D eigenvalue weighted by Gasteiger charge is 2.20. The second-order valence-electron chi connectivity index (χ2n) is 6.11. The van der Waals surface area contributed by atoms with Crippen molar-refractivity contribution in [2.24, 2.45) is 0 Å². The van der Waals surface area contributed by atoms with Crippen LogP contribution in [0.1, 0.15) is 21.5 Å². The third-order valence-electron chi connectivity index (χ3n) is 4.43. The van der Waals surface area contributed by atoms with Crippen molar-refractivity contribution in [1.29, 1.82) is 5.26 Å². The standard InChI is InChI=1S/C21H16N4O/c22-12-15-4-3-6-18(10-15)24-21(26)17-11-19(14-23-13-17)25-9-8-16-5-1-2-7-20(16)25/h1-7,10-11,13-14H,8-9H2,(H,24,26). The Bertz CT molecular complexity index is 1020. The van der Waals surface area contributed by atoms with Crippen molar-refractivity contribution < 1.29 is 4.79 Å². The number of benzene rings is 2. The van der Waals surface area contributed by atoms with E-state index in [1.807, 2.05) is 18.2 Å². The highest BCUT2D eigenvalue weighted by atomic mass is 16.1. The number of carbonyl (C=O) groups excluding carboxylic acids is 1. The Morgan fingerprint density at radius 3 is 2.88 bits per heavy atom. The molecule has 2 heterocycles. The molecule has 26 heavy (non-hydrogen) atoms. The van der Waals surface area contributed by atoms with Gasteiger partial charge in [-0.2, -0.15) is 5.26 Å². The molecule has 0 aliphatic carbocycles. The fourth-order valence-electron chi connectivity index (χ4n) is 3.18. The van der Waals surface area contributed by atoms with Gasteiger partial charge < -0.3 is 10.2 Å². The van der Waals surface area contributed by atoms with Crippen LogP contribution in [0.5, 0.6) is 0 Å². The van der Waals surface area contributed by atoms with Crippen molar-refractivity contribution in [2.45, 2.75) is 6.42 Å². The van der Waals surface area contributed by atoms with Crippen LogP contribution >= 0.6 is 0 Å².